The molecule has 9 heteroatoms. The van der Waals surface area contributed by atoms with Crippen LogP contribution in [0.1, 0.15) is 61.5 Å². The Balaban J connectivity index is 1.62. The number of furan rings is 1. The zero-order chi connectivity index (χ0) is 23.7. The molecule has 0 radical (unpaired) electrons. The van der Waals surface area contributed by atoms with Crippen LogP contribution in [0.2, 0.25) is 0 Å². The van der Waals surface area contributed by atoms with Gasteiger partial charge in [0.15, 0.2) is 5.65 Å². The molecular formula is C24H31N5O4. The second-order valence-corrected chi connectivity index (χ2v) is 8.74. The van der Waals surface area contributed by atoms with Crippen LogP contribution in [-0.2, 0) is 4.74 Å². The summed E-state index contributed by atoms with van der Waals surface area (Å²) in [6, 6.07) is 3.83. The van der Waals surface area contributed by atoms with E-state index in [4.69, 9.17) is 14.1 Å². The SMILES string of the molecule is CCOC(=O)N1CCC(NC(=O)c2cc(-c3cc(C)oc3C)nc3c2cnn3C(C)C)CC1. The molecule has 3 aromatic rings. The summed E-state index contributed by atoms with van der Waals surface area (Å²) in [5, 5.41) is 8.35. The fraction of sp³-hybridized carbons (Fsp3) is 0.500. The Morgan fingerprint density at radius 1 is 1.24 bits per heavy atom. The number of rotatable bonds is 5. The van der Waals surface area contributed by atoms with Gasteiger partial charge in [-0.25, -0.2) is 14.5 Å². The molecule has 0 aromatic carbocycles. The summed E-state index contributed by atoms with van der Waals surface area (Å²) < 4.78 is 12.6. The second kappa shape index (κ2) is 9.25. The highest BCUT2D eigenvalue weighted by atomic mass is 16.6. The van der Waals surface area contributed by atoms with Crippen LogP contribution < -0.4 is 5.32 Å². The van der Waals surface area contributed by atoms with Crippen LogP contribution in [0.15, 0.2) is 22.7 Å². The average molecular weight is 454 g/mol. The van der Waals surface area contributed by atoms with Gasteiger partial charge in [-0.3, -0.25) is 4.79 Å². The van der Waals surface area contributed by atoms with Crippen LogP contribution in [0.5, 0.6) is 0 Å². The van der Waals surface area contributed by atoms with E-state index < -0.39 is 0 Å². The van der Waals surface area contributed by atoms with Crippen LogP contribution >= 0.6 is 0 Å². The van der Waals surface area contributed by atoms with E-state index in [2.05, 4.69) is 10.4 Å². The Morgan fingerprint density at radius 3 is 2.58 bits per heavy atom. The van der Waals surface area contributed by atoms with Gasteiger partial charge in [0.2, 0.25) is 0 Å². The molecule has 0 saturated carbocycles. The lowest BCUT2D eigenvalue weighted by molar-refractivity contribution is 0.0861. The van der Waals surface area contributed by atoms with Crippen molar-refractivity contribution in [1.82, 2.24) is 25.0 Å². The minimum Gasteiger partial charge on any atom is -0.466 e. The number of carbonyl (C=O) groups excluding carboxylic acids is 2. The maximum atomic E-state index is 13.4. The molecule has 1 aliphatic rings. The van der Waals surface area contributed by atoms with E-state index >= 15 is 0 Å². The number of ether oxygens (including phenoxy) is 1. The Morgan fingerprint density at radius 2 is 1.97 bits per heavy atom. The van der Waals surface area contributed by atoms with Crippen molar-refractivity contribution in [3.63, 3.8) is 0 Å². The average Bonchev–Trinajstić information content (AvgIpc) is 3.36. The van der Waals surface area contributed by atoms with Crippen molar-refractivity contribution in [2.45, 2.75) is 59.5 Å². The zero-order valence-electron chi connectivity index (χ0n) is 19.8. The van der Waals surface area contributed by atoms with Gasteiger partial charge < -0.3 is 19.4 Å². The summed E-state index contributed by atoms with van der Waals surface area (Å²) in [6.07, 6.45) is 2.76. The summed E-state index contributed by atoms with van der Waals surface area (Å²) >= 11 is 0. The molecule has 4 rings (SSSR count). The smallest absolute Gasteiger partial charge is 0.409 e. The fourth-order valence-corrected chi connectivity index (χ4v) is 4.29. The summed E-state index contributed by atoms with van der Waals surface area (Å²) in [5.74, 6) is 1.38. The first-order valence-electron chi connectivity index (χ1n) is 11.5. The highest BCUT2D eigenvalue weighted by molar-refractivity contribution is 6.06. The van der Waals surface area contributed by atoms with Crippen LogP contribution in [0.3, 0.4) is 0 Å². The molecule has 2 amide bonds. The van der Waals surface area contributed by atoms with Crippen molar-refractivity contribution in [2.75, 3.05) is 19.7 Å². The number of carbonyl (C=O) groups is 2. The minimum atomic E-state index is -0.297. The number of fused-ring (bicyclic) bond motifs is 1. The molecule has 33 heavy (non-hydrogen) atoms. The van der Waals surface area contributed by atoms with Crippen LogP contribution in [0, 0.1) is 13.8 Å². The number of aryl methyl sites for hydroxylation is 2. The molecular weight excluding hydrogens is 422 g/mol. The molecule has 176 valence electrons. The van der Waals surface area contributed by atoms with Gasteiger partial charge in [0.05, 0.1) is 29.4 Å². The Kier molecular flexibility index (Phi) is 6.40. The zero-order valence-corrected chi connectivity index (χ0v) is 19.8. The molecule has 0 bridgehead atoms. The van der Waals surface area contributed by atoms with Gasteiger partial charge in [0, 0.05) is 30.7 Å². The van der Waals surface area contributed by atoms with Crippen LogP contribution in [-0.4, -0.2) is 57.4 Å². The molecule has 0 aliphatic carbocycles. The fourth-order valence-electron chi connectivity index (χ4n) is 4.29. The predicted molar refractivity (Wildman–Crippen MR) is 124 cm³/mol. The molecule has 1 fully saturated rings. The Labute approximate surface area is 193 Å². The lowest BCUT2D eigenvalue weighted by Gasteiger charge is -2.31. The largest absolute Gasteiger partial charge is 0.466 e. The number of likely N-dealkylation sites (tertiary alicyclic amines) is 1. The summed E-state index contributed by atoms with van der Waals surface area (Å²) in [7, 11) is 0. The predicted octanol–water partition coefficient (Wildman–Crippen LogP) is 4.24. The number of piperidine rings is 1. The third-order valence-electron chi connectivity index (χ3n) is 5.97. The number of nitrogens with zero attached hydrogens (tertiary/aromatic N) is 4. The van der Waals surface area contributed by atoms with Crippen molar-refractivity contribution >= 4 is 23.0 Å². The first-order valence-corrected chi connectivity index (χ1v) is 11.5. The third-order valence-corrected chi connectivity index (χ3v) is 5.97. The first kappa shape index (κ1) is 22.8. The quantitative estimate of drug-likeness (QED) is 0.620. The molecule has 3 aromatic heterocycles. The van der Waals surface area contributed by atoms with Gasteiger partial charge in [0.1, 0.15) is 11.5 Å². The van der Waals surface area contributed by atoms with E-state index in [0.29, 0.717) is 54.8 Å². The highest BCUT2D eigenvalue weighted by Gasteiger charge is 2.26. The second-order valence-electron chi connectivity index (χ2n) is 8.74. The van der Waals surface area contributed by atoms with Crippen LogP contribution in [0.25, 0.3) is 22.3 Å². The maximum absolute atomic E-state index is 13.4. The number of nitrogens with one attached hydrogen (secondary N) is 1. The van der Waals surface area contributed by atoms with Gasteiger partial charge in [-0.1, -0.05) is 0 Å². The van der Waals surface area contributed by atoms with Gasteiger partial charge in [-0.05, 0) is 59.6 Å². The minimum absolute atomic E-state index is 0.0205. The molecule has 1 aliphatic heterocycles. The molecule has 1 N–H and O–H groups in total. The monoisotopic (exact) mass is 453 g/mol. The Bertz CT molecular complexity index is 1170. The molecule has 4 heterocycles. The Hall–Kier alpha value is -3.36. The number of hydrogen-bond donors (Lipinski definition) is 1. The standard InChI is InChI=1S/C24H31N5O4/c1-6-32-24(31)28-9-7-17(8-10-28)26-23(30)19-12-21(18-11-15(4)33-16(18)5)27-22-20(19)13-25-29(22)14(2)3/h11-14,17H,6-10H2,1-5H3,(H,26,30). The van der Waals surface area contributed by atoms with E-state index in [9.17, 15) is 9.59 Å². The van der Waals surface area contributed by atoms with Crippen molar-refractivity contribution in [2.24, 2.45) is 0 Å². The van der Waals surface area contributed by atoms with Gasteiger partial charge in [-0.2, -0.15) is 5.10 Å². The van der Waals surface area contributed by atoms with Crippen molar-refractivity contribution in [3.8, 4) is 11.3 Å². The summed E-state index contributed by atoms with van der Waals surface area (Å²) in [6.45, 7) is 11.1. The topological polar surface area (TPSA) is 102 Å². The molecule has 0 unspecified atom stereocenters. The molecule has 9 nitrogen and oxygen atoms in total. The first-order chi connectivity index (χ1) is 15.8. The number of aromatic nitrogens is 3. The number of amides is 2. The number of hydrogen-bond acceptors (Lipinski definition) is 6. The van der Waals surface area contributed by atoms with E-state index in [0.717, 1.165) is 17.1 Å². The summed E-state index contributed by atoms with van der Waals surface area (Å²) in [4.78, 5) is 31.9. The van der Waals surface area contributed by atoms with Crippen molar-refractivity contribution < 1.29 is 18.7 Å². The summed E-state index contributed by atoms with van der Waals surface area (Å²) in [5.41, 5.74) is 2.75. The third kappa shape index (κ3) is 4.58. The molecule has 0 atom stereocenters. The molecule has 1 saturated heterocycles. The lowest BCUT2D eigenvalue weighted by atomic mass is 10.0. The maximum Gasteiger partial charge on any atom is 0.409 e. The number of pyridine rings is 1. The van der Waals surface area contributed by atoms with E-state index in [-0.39, 0.29) is 24.1 Å². The molecule has 0 spiro atoms. The van der Waals surface area contributed by atoms with Gasteiger partial charge >= 0.3 is 6.09 Å². The normalized spacial score (nSPS) is 14.8. The van der Waals surface area contributed by atoms with E-state index in [1.54, 1.807) is 18.0 Å². The van der Waals surface area contributed by atoms with E-state index in [1.807, 2.05) is 44.5 Å². The van der Waals surface area contributed by atoms with Crippen molar-refractivity contribution in [3.05, 3.63) is 35.4 Å². The highest BCUT2D eigenvalue weighted by Crippen LogP contribution is 2.30. The van der Waals surface area contributed by atoms with Crippen molar-refractivity contribution in [1.29, 1.82) is 0 Å². The lowest BCUT2D eigenvalue weighted by Crippen LogP contribution is -2.46. The van der Waals surface area contributed by atoms with Crippen LogP contribution in [0.4, 0.5) is 4.79 Å². The van der Waals surface area contributed by atoms with Gasteiger partial charge in [0.25, 0.3) is 5.91 Å². The van der Waals surface area contributed by atoms with E-state index in [1.165, 1.54) is 0 Å². The van der Waals surface area contributed by atoms with Gasteiger partial charge in [-0.15, -0.1) is 0 Å².